The molecule has 0 radical (unpaired) electrons. The van der Waals surface area contributed by atoms with Crippen LogP contribution in [0.15, 0.2) is 0 Å². The van der Waals surface area contributed by atoms with E-state index in [1.807, 2.05) is 0 Å². The molecule has 0 spiro atoms. The first-order valence-corrected chi connectivity index (χ1v) is 9.26. The lowest BCUT2D eigenvalue weighted by Crippen LogP contribution is -2.58. The van der Waals surface area contributed by atoms with E-state index in [1.54, 1.807) is 19.3 Å². The highest BCUT2D eigenvalue weighted by atomic mass is 14.9. The summed E-state index contributed by atoms with van der Waals surface area (Å²) in [7, 11) is 2.23. The molecule has 1 heteroatoms. The van der Waals surface area contributed by atoms with Gasteiger partial charge in [-0.25, -0.2) is 0 Å². The molecule has 1 N–H and O–H groups in total. The predicted octanol–water partition coefficient (Wildman–Crippen LogP) is 5.15. The number of hydrogen-bond donors (Lipinski definition) is 1. The molecule has 3 atom stereocenters. The van der Waals surface area contributed by atoms with E-state index in [4.69, 9.17) is 0 Å². The summed E-state index contributed by atoms with van der Waals surface area (Å²) in [6.07, 6.45) is 16.3. The molecule has 4 bridgehead atoms. The smallest absolute Gasteiger partial charge is 0.0121 e. The first kappa shape index (κ1) is 14.9. The second-order valence-electron chi connectivity index (χ2n) is 8.82. The Hall–Kier alpha value is -0.0400. The molecule has 0 amide bonds. The van der Waals surface area contributed by atoms with Crippen molar-refractivity contribution in [1.29, 1.82) is 0 Å². The van der Waals surface area contributed by atoms with Crippen LogP contribution in [0.2, 0.25) is 0 Å². The molecule has 0 aliphatic heterocycles. The van der Waals surface area contributed by atoms with Gasteiger partial charge in [0.25, 0.3) is 0 Å². The Morgan fingerprint density at radius 1 is 1.05 bits per heavy atom. The van der Waals surface area contributed by atoms with E-state index < -0.39 is 0 Å². The number of rotatable bonds is 7. The Labute approximate surface area is 126 Å². The maximum atomic E-state index is 3.75. The first-order chi connectivity index (χ1) is 9.59. The average Bonchev–Trinajstić information content (AvgIpc) is 2.35. The molecular formula is C19H35N. The lowest BCUT2D eigenvalue weighted by atomic mass is 9.43. The van der Waals surface area contributed by atoms with Crippen LogP contribution in [-0.2, 0) is 0 Å². The lowest BCUT2D eigenvalue weighted by molar-refractivity contribution is -0.118. The van der Waals surface area contributed by atoms with Crippen LogP contribution in [0.4, 0.5) is 0 Å². The number of nitrogens with one attached hydrogen (secondary N) is 1. The van der Waals surface area contributed by atoms with E-state index in [9.17, 15) is 0 Å². The van der Waals surface area contributed by atoms with Crippen molar-refractivity contribution >= 4 is 0 Å². The van der Waals surface area contributed by atoms with Crippen molar-refractivity contribution in [2.45, 2.75) is 90.5 Å². The zero-order valence-electron chi connectivity index (χ0n) is 14.0. The molecule has 1 nitrogen and oxygen atoms in total. The molecule has 116 valence electrons. The highest BCUT2D eigenvalue weighted by molar-refractivity contribution is 5.09. The summed E-state index contributed by atoms with van der Waals surface area (Å²) < 4.78 is 0. The van der Waals surface area contributed by atoms with Crippen molar-refractivity contribution in [3.63, 3.8) is 0 Å². The molecule has 4 aliphatic rings. The molecule has 0 saturated heterocycles. The molecule has 4 saturated carbocycles. The molecule has 4 rings (SSSR count). The molecule has 0 aromatic rings. The first-order valence-electron chi connectivity index (χ1n) is 9.26. The van der Waals surface area contributed by atoms with E-state index in [1.165, 1.54) is 51.4 Å². The van der Waals surface area contributed by atoms with Gasteiger partial charge in [-0.2, -0.15) is 0 Å². The number of unbranched alkanes of at least 4 members (excludes halogenated alkanes) is 3. The molecule has 4 fully saturated rings. The molecule has 3 unspecified atom stereocenters. The highest BCUT2D eigenvalue weighted by Crippen LogP contribution is 2.66. The van der Waals surface area contributed by atoms with E-state index in [-0.39, 0.29) is 0 Å². The third-order valence-corrected chi connectivity index (χ3v) is 6.83. The zero-order chi connectivity index (χ0) is 14.2. The average molecular weight is 277 g/mol. The van der Waals surface area contributed by atoms with Gasteiger partial charge in [-0.15, -0.1) is 0 Å². The van der Waals surface area contributed by atoms with Crippen LogP contribution in [0.5, 0.6) is 0 Å². The summed E-state index contributed by atoms with van der Waals surface area (Å²) in [5.74, 6) is 2.13. The minimum atomic E-state index is 0.666. The second kappa shape index (κ2) is 5.63. The van der Waals surface area contributed by atoms with Gasteiger partial charge in [0.2, 0.25) is 0 Å². The van der Waals surface area contributed by atoms with Crippen molar-refractivity contribution in [2.24, 2.45) is 22.7 Å². The fourth-order valence-electron chi connectivity index (χ4n) is 6.74. The minimum Gasteiger partial charge on any atom is -0.316 e. The normalized spacial score (nSPS) is 44.0. The van der Waals surface area contributed by atoms with Crippen LogP contribution in [-0.4, -0.2) is 13.1 Å². The van der Waals surface area contributed by atoms with Gasteiger partial charge in [0.1, 0.15) is 0 Å². The Kier molecular flexibility index (Phi) is 4.19. The summed E-state index contributed by atoms with van der Waals surface area (Å²) in [5, 5.41) is 3.75. The van der Waals surface area contributed by atoms with E-state index >= 15 is 0 Å². The van der Waals surface area contributed by atoms with E-state index in [0.717, 1.165) is 17.9 Å². The number of hydrogen-bond acceptors (Lipinski definition) is 1. The van der Waals surface area contributed by atoms with Gasteiger partial charge in [0.15, 0.2) is 0 Å². The quantitative estimate of drug-likeness (QED) is 0.634. The minimum absolute atomic E-state index is 0.666. The Balaban J connectivity index is 1.67. The van der Waals surface area contributed by atoms with Crippen LogP contribution >= 0.6 is 0 Å². The van der Waals surface area contributed by atoms with Gasteiger partial charge in [-0.3, -0.25) is 0 Å². The second-order valence-corrected chi connectivity index (χ2v) is 8.82. The van der Waals surface area contributed by atoms with Gasteiger partial charge < -0.3 is 5.32 Å². The molecule has 0 aromatic heterocycles. The topological polar surface area (TPSA) is 12.0 Å². The summed E-state index contributed by atoms with van der Waals surface area (Å²) in [5.41, 5.74) is 1.36. The maximum absolute atomic E-state index is 3.75. The van der Waals surface area contributed by atoms with Gasteiger partial charge >= 0.3 is 0 Å². The van der Waals surface area contributed by atoms with Crippen molar-refractivity contribution in [1.82, 2.24) is 5.32 Å². The monoisotopic (exact) mass is 277 g/mol. The predicted molar refractivity (Wildman–Crippen MR) is 86.8 cm³/mol. The maximum Gasteiger partial charge on any atom is 0.0121 e. The Morgan fingerprint density at radius 3 is 2.30 bits per heavy atom. The third-order valence-electron chi connectivity index (χ3n) is 6.83. The fourth-order valence-corrected chi connectivity index (χ4v) is 6.74. The summed E-state index contributed by atoms with van der Waals surface area (Å²) in [4.78, 5) is 0. The lowest BCUT2D eigenvalue weighted by Gasteiger charge is -2.63. The molecule has 0 aromatic carbocycles. The fraction of sp³-hybridized carbons (Fsp3) is 1.00. The Morgan fingerprint density at radius 2 is 1.75 bits per heavy atom. The van der Waals surface area contributed by atoms with Gasteiger partial charge in [-0.05, 0) is 74.7 Å². The molecule has 4 aliphatic carbocycles. The van der Waals surface area contributed by atoms with Crippen LogP contribution < -0.4 is 5.32 Å². The van der Waals surface area contributed by atoms with E-state index in [2.05, 4.69) is 26.2 Å². The van der Waals surface area contributed by atoms with Crippen molar-refractivity contribution in [3.05, 3.63) is 0 Å². The molecule has 20 heavy (non-hydrogen) atoms. The van der Waals surface area contributed by atoms with Crippen molar-refractivity contribution in [2.75, 3.05) is 7.05 Å². The summed E-state index contributed by atoms with van der Waals surface area (Å²) >= 11 is 0. The third kappa shape index (κ3) is 2.67. The van der Waals surface area contributed by atoms with Crippen LogP contribution in [0.3, 0.4) is 0 Å². The molecule has 0 heterocycles. The van der Waals surface area contributed by atoms with E-state index in [0.29, 0.717) is 10.8 Å². The van der Waals surface area contributed by atoms with Gasteiger partial charge in [0, 0.05) is 6.04 Å². The van der Waals surface area contributed by atoms with Gasteiger partial charge in [0.05, 0.1) is 0 Å². The Bertz CT molecular complexity index is 321. The largest absolute Gasteiger partial charge is 0.316 e. The van der Waals surface area contributed by atoms with Crippen molar-refractivity contribution in [3.8, 4) is 0 Å². The van der Waals surface area contributed by atoms with Gasteiger partial charge in [-0.1, -0.05) is 39.5 Å². The molecular weight excluding hydrogens is 242 g/mol. The zero-order valence-corrected chi connectivity index (χ0v) is 14.0. The van der Waals surface area contributed by atoms with Crippen LogP contribution in [0.1, 0.15) is 84.5 Å². The highest BCUT2D eigenvalue weighted by Gasteiger charge is 2.57. The standard InChI is InChI=1S/C19H35N/c1-4-5-6-7-8-17(20-3)19-12-15-9-16(13-19)11-18(2,10-15)14-19/h15-17,20H,4-14H2,1-3H3. The van der Waals surface area contributed by atoms with Crippen molar-refractivity contribution < 1.29 is 0 Å². The van der Waals surface area contributed by atoms with Crippen LogP contribution in [0.25, 0.3) is 0 Å². The summed E-state index contributed by atoms with van der Waals surface area (Å²) in [6, 6.07) is 0.796. The SMILES string of the molecule is CCCCCCC(NC)C12CC3CC(CC(C)(C3)C1)C2. The van der Waals surface area contributed by atoms with Crippen LogP contribution in [0, 0.1) is 22.7 Å². The summed E-state index contributed by atoms with van der Waals surface area (Å²) in [6.45, 7) is 4.92.